The molecule has 2 aliphatic heterocycles. The zero-order chi connectivity index (χ0) is 36.1. The molecule has 3 heterocycles. The van der Waals surface area contributed by atoms with Crippen molar-refractivity contribution in [2.45, 2.75) is 25.2 Å². The van der Waals surface area contributed by atoms with Crippen LogP contribution in [0, 0.1) is 0 Å². The van der Waals surface area contributed by atoms with E-state index in [-0.39, 0.29) is 6.03 Å². The second-order valence-electron chi connectivity index (χ2n) is 11.1. The quantitative estimate of drug-likeness (QED) is 0.149. The number of alkyl halides is 6. The molecule has 0 saturated carbocycles. The first kappa shape index (κ1) is 35.9. The number of urea groups is 1. The molecule has 0 unspecified atom stereocenters. The molecule has 17 heteroatoms. The highest BCUT2D eigenvalue weighted by molar-refractivity contribution is 6.41. The molecule has 1 aromatic heterocycles. The normalized spacial score (nSPS) is 14.3. The second kappa shape index (κ2) is 15.0. The molecule has 6 bridgehead atoms. The van der Waals surface area contributed by atoms with E-state index in [4.69, 9.17) is 11.6 Å². The predicted molar refractivity (Wildman–Crippen MR) is 175 cm³/mol. The van der Waals surface area contributed by atoms with E-state index in [2.05, 4.69) is 61.2 Å². The minimum Gasteiger partial charge on any atom is -0.368 e. The van der Waals surface area contributed by atoms with Gasteiger partial charge in [0.2, 0.25) is 5.95 Å². The van der Waals surface area contributed by atoms with Crippen LogP contribution in [-0.2, 0) is 22.4 Å². The Bertz CT molecular complexity index is 1840. The third-order valence-electron chi connectivity index (χ3n) is 7.61. The Morgan fingerprint density at radius 2 is 1.42 bits per heavy atom. The molecule has 0 aliphatic carbocycles. The number of piperazine rings is 1. The molecular weight excluding hydrogens is 692 g/mol. The van der Waals surface area contributed by atoms with Crippen molar-refractivity contribution in [1.82, 2.24) is 14.9 Å². The van der Waals surface area contributed by atoms with E-state index in [1.54, 1.807) is 6.20 Å². The fourth-order valence-electron chi connectivity index (χ4n) is 5.17. The van der Waals surface area contributed by atoms with Gasteiger partial charge in [-0.25, -0.2) is 9.78 Å². The summed E-state index contributed by atoms with van der Waals surface area (Å²) in [5, 5.41) is 10.1. The number of para-hydroxylation sites is 1. The predicted octanol–water partition coefficient (Wildman–Crippen LogP) is 7.32. The molecule has 1 saturated heterocycles. The number of aryl methyl sites for hydroxylation is 2. The SMILES string of the molecule is O=C(C(=O)C(F)(F)F)C(F)(F)F.O=C(Nc1ccccc1)N1CCN(c2ccc3cc2CCc2cccc(c2)Nc2ncc(Cl)c(n2)N3)CC1. The molecule has 262 valence electrons. The van der Waals surface area contributed by atoms with Gasteiger partial charge in [0.1, 0.15) is 5.02 Å². The van der Waals surface area contributed by atoms with Crippen molar-refractivity contribution >= 4 is 63.7 Å². The second-order valence-corrected chi connectivity index (χ2v) is 11.5. The number of benzene rings is 3. The van der Waals surface area contributed by atoms with Gasteiger partial charge in [-0.3, -0.25) is 9.59 Å². The van der Waals surface area contributed by atoms with Gasteiger partial charge in [0, 0.05) is 48.9 Å². The molecule has 2 aliphatic rings. The van der Waals surface area contributed by atoms with Crippen molar-refractivity contribution in [1.29, 1.82) is 0 Å². The Morgan fingerprint density at radius 1 is 0.760 bits per heavy atom. The van der Waals surface area contributed by atoms with Crippen LogP contribution in [0.25, 0.3) is 0 Å². The monoisotopic (exact) mass is 719 g/mol. The average Bonchev–Trinajstić information content (AvgIpc) is 3.08. The summed E-state index contributed by atoms with van der Waals surface area (Å²) in [7, 11) is 0. The lowest BCUT2D eigenvalue weighted by atomic mass is 10.0. The summed E-state index contributed by atoms with van der Waals surface area (Å²) in [5.74, 6) is -5.78. The maximum atomic E-state index is 12.8. The third kappa shape index (κ3) is 9.19. The van der Waals surface area contributed by atoms with Crippen molar-refractivity contribution in [3.8, 4) is 0 Å². The molecule has 0 atom stereocenters. The highest BCUT2D eigenvalue weighted by Gasteiger charge is 2.54. The van der Waals surface area contributed by atoms with Crippen LogP contribution in [0.2, 0.25) is 5.02 Å². The number of carbonyl (C=O) groups is 3. The van der Waals surface area contributed by atoms with Crippen LogP contribution in [0.5, 0.6) is 0 Å². The molecule has 3 aromatic carbocycles. The Morgan fingerprint density at radius 3 is 2.08 bits per heavy atom. The lowest BCUT2D eigenvalue weighted by Crippen LogP contribution is -2.50. The van der Waals surface area contributed by atoms with Gasteiger partial charge in [0.25, 0.3) is 0 Å². The van der Waals surface area contributed by atoms with E-state index in [1.165, 1.54) is 16.8 Å². The van der Waals surface area contributed by atoms with Gasteiger partial charge >= 0.3 is 30.0 Å². The van der Waals surface area contributed by atoms with Crippen LogP contribution in [-0.4, -0.2) is 71.0 Å². The Kier molecular flexibility index (Phi) is 10.8. The number of nitrogens with zero attached hydrogens (tertiary/aromatic N) is 4. The number of Topliss-reactive ketones (excluding diaryl/α,β-unsaturated/α-hetero) is 2. The molecule has 6 rings (SSSR count). The van der Waals surface area contributed by atoms with E-state index < -0.39 is 23.9 Å². The number of aromatic nitrogens is 2. The van der Waals surface area contributed by atoms with Crippen molar-refractivity contribution in [2.24, 2.45) is 0 Å². The summed E-state index contributed by atoms with van der Waals surface area (Å²) in [6.07, 6.45) is -8.17. The first-order valence-electron chi connectivity index (χ1n) is 15.0. The fourth-order valence-corrected chi connectivity index (χ4v) is 5.31. The number of amides is 2. The maximum Gasteiger partial charge on any atom is 0.458 e. The topological polar surface area (TPSA) is 120 Å². The number of rotatable bonds is 3. The van der Waals surface area contributed by atoms with Crippen LogP contribution in [0.1, 0.15) is 11.1 Å². The van der Waals surface area contributed by atoms with Crippen LogP contribution >= 0.6 is 11.6 Å². The lowest BCUT2D eigenvalue weighted by Gasteiger charge is -2.37. The smallest absolute Gasteiger partial charge is 0.368 e. The van der Waals surface area contributed by atoms with Gasteiger partial charge in [-0.1, -0.05) is 41.9 Å². The number of carbonyl (C=O) groups excluding carboxylic acids is 3. The molecule has 50 heavy (non-hydrogen) atoms. The molecular formula is C33H28ClF6N7O3. The number of hydrogen-bond acceptors (Lipinski definition) is 8. The number of anilines is 6. The molecule has 0 spiro atoms. The van der Waals surface area contributed by atoms with Gasteiger partial charge in [-0.15, -0.1) is 0 Å². The lowest BCUT2D eigenvalue weighted by molar-refractivity contribution is -0.193. The minimum atomic E-state index is -5.77. The maximum absolute atomic E-state index is 12.8. The number of hydrogen-bond donors (Lipinski definition) is 3. The van der Waals surface area contributed by atoms with Gasteiger partial charge in [-0.05, 0) is 66.4 Å². The number of fused-ring (bicyclic) bond motifs is 6. The molecule has 10 nitrogen and oxygen atoms in total. The molecule has 0 radical (unpaired) electrons. The fraction of sp³-hybridized carbons (Fsp3) is 0.242. The van der Waals surface area contributed by atoms with E-state index in [0.717, 1.165) is 43.0 Å². The Labute approximate surface area is 286 Å². The summed E-state index contributed by atoms with van der Waals surface area (Å²) in [5.41, 5.74) is 6.33. The van der Waals surface area contributed by atoms with Crippen LogP contribution in [0.4, 0.5) is 65.7 Å². The van der Waals surface area contributed by atoms with Crippen molar-refractivity contribution < 1.29 is 40.7 Å². The van der Waals surface area contributed by atoms with E-state index in [1.807, 2.05) is 47.4 Å². The van der Waals surface area contributed by atoms with Crippen molar-refractivity contribution in [3.63, 3.8) is 0 Å². The van der Waals surface area contributed by atoms with E-state index in [9.17, 15) is 40.7 Å². The summed E-state index contributed by atoms with van der Waals surface area (Å²) in [6, 6.07) is 24.2. The summed E-state index contributed by atoms with van der Waals surface area (Å²) in [4.78, 5) is 45.2. The van der Waals surface area contributed by atoms with Gasteiger partial charge < -0.3 is 25.8 Å². The average molecular weight is 720 g/mol. The summed E-state index contributed by atoms with van der Waals surface area (Å²) in [6.45, 7) is 2.85. The number of ketones is 2. The van der Waals surface area contributed by atoms with Crippen LogP contribution in [0.15, 0.2) is 79.0 Å². The molecule has 4 aromatic rings. The molecule has 2 amide bonds. The largest absolute Gasteiger partial charge is 0.458 e. The van der Waals surface area contributed by atoms with Crippen LogP contribution in [0.3, 0.4) is 0 Å². The first-order chi connectivity index (χ1) is 23.7. The molecule has 1 fully saturated rings. The highest BCUT2D eigenvalue weighted by atomic mass is 35.5. The zero-order valence-electron chi connectivity index (χ0n) is 25.9. The van der Waals surface area contributed by atoms with Crippen molar-refractivity contribution in [3.05, 3.63) is 95.1 Å². The number of halogens is 7. The Balaban J connectivity index is 0.000000349. The minimum absolute atomic E-state index is 0.0595. The Hall–Kier alpha value is -5.38. The first-order valence-corrected chi connectivity index (χ1v) is 15.4. The van der Waals surface area contributed by atoms with Gasteiger partial charge in [0.15, 0.2) is 5.82 Å². The third-order valence-corrected chi connectivity index (χ3v) is 7.88. The highest BCUT2D eigenvalue weighted by Crippen LogP contribution is 2.31. The van der Waals surface area contributed by atoms with Gasteiger partial charge in [0.05, 0.1) is 6.20 Å². The van der Waals surface area contributed by atoms with E-state index in [0.29, 0.717) is 29.9 Å². The van der Waals surface area contributed by atoms with E-state index >= 15 is 0 Å². The zero-order valence-corrected chi connectivity index (χ0v) is 26.7. The van der Waals surface area contributed by atoms with Crippen LogP contribution < -0.4 is 20.9 Å². The molecule has 3 N–H and O–H groups in total. The number of nitrogens with one attached hydrogen (secondary N) is 3. The van der Waals surface area contributed by atoms with Crippen molar-refractivity contribution in [2.75, 3.05) is 47.0 Å². The summed E-state index contributed by atoms with van der Waals surface area (Å²) >= 11 is 6.42. The van der Waals surface area contributed by atoms with Gasteiger partial charge in [-0.2, -0.15) is 31.3 Å². The standard InChI is InChI=1S/C29H28ClN7O.C4F6O2/c30-25-19-31-28-33-23-8-4-5-20(17-23)9-10-21-18-24(32-27(25)35-28)11-12-26(21)36-13-15-37(16-14-36)29(38)34-22-6-2-1-3-7-22;5-3(6,7)1(11)2(12)4(8,9)10/h1-8,11-12,17-19H,9-10,13-16H2,(H,34,38)(H2,31,32,33,35);. The summed E-state index contributed by atoms with van der Waals surface area (Å²) < 4.78 is 67.0.